The number of ether oxygens (including phenoxy) is 1. The molecule has 5 nitrogen and oxygen atoms in total. The van der Waals surface area contributed by atoms with E-state index in [0.29, 0.717) is 28.1 Å². The fourth-order valence-electron chi connectivity index (χ4n) is 1.73. The van der Waals surface area contributed by atoms with E-state index in [0.717, 1.165) is 0 Å². The van der Waals surface area contributed by atoms with E-state index in [1.54, 1.807) is 25.4 Å². The first-order chi connectivity index (χ1) is 9.26. The van der Waals surface area contributed by atoms with E-state index in [2.05, 4.69) is 15.3 Å². The summed E-state index contributed by atoms with van der Waals surface area (Å²) >= 11 is 5.93. The average Bonchev–Trinajstić information content (AvgIpc) is 2.87. The van der Waals surface area contributed by atoms with Gasteiger partial charge < -0.3 is 10.1 Å². The SMILES string of the molecule is CNc1cn2ccnc2c(Oc2cccc(Cl)c2)n1. The van der Waals surface area contributed by atoms with Crippen molar-refractivity contribution in [1.29, 1.82) is 0 Å². The minimum absolute atomic E-state index is 0.430. The molecule has 1 aromatic carbocycles. The summed E-state index contributed by atoms with van der Waals surface area (Å²) in [5.74, 6) is 1.75. The maximum Gasteiger partial charge on any atom is 0.265 e. The van der Waals surface area contributed by atoms with Gasteiger partial charge in [0.15, 0.2) is 0 Å². The molecule has 2 heterocycles. The van der Waals surface area contributed by atoms with Crippen LogP contribution in [-0.4, -0.2) is 21.4 Å². The second kappa shape index (κ2) is 4.78. The summed E-state index contributed by atoms with van der Waals surface area (Å²) in [6.45, 7) is 0. The van der Waals surface area contributed by atoms with Gasteiger partial charge in [0.25, 0.3) is 5.88 Å². The zero-order valence-corrected chi connectivity index (χ0v) is 10.9. The Morgan fingerprint density at radius 1 is 1.37 bits per heavy atom. The number of nitrogens with one attached hydrogen (secondary N) is 1. The van der Waals surface area contributed by atoms with Crippen molar-refractivity contribution >= 4 is 23.1 Å². The lowest BCUT2D eigenvalue weighted by molar-refractivity contribution is 0.466. The molecule has 0 radical (unpaired) electrons. The van der Waals surface area contributed by atoms with Crippen molar-refractivity contribution in [1.82, 2.24) is 14.4 Å². The van der Waals surface area contributed by atoms with E-state index >= 15 is 0 Å². The van der Waals surface area contributed by atoms with Gasteiger partial charge in [-0.05, 0) is 18.2 Å². The van der Waals surface area contributed by atoms with Gasteiger partial charge in [-0.3, -0.25) is 4.40 Å². The largest absolute Gasteiger partial charge is 0.436 e. The quantitative estimate of drug-likeness (QED) is 0.797. The molecule has 19 heavy (non-hydrogen) atoms. The highest BCUT2D eigenvalue weighted by molar-refractivity contribution is 6.30. The summed E-state index contributed by atoms with van der Waals surface area (Å²) in [6, 6.07) is 7.16. The molecule has 2 aromatic heterocycles. The molecule has 0 aliphatic rings. The van der Waals surface area contributed by atoms with Gasteiger partial charge >= 0.3 is 0 Å². The summed E-state index contributed by atoms with van der Waals surface area (Å²) < 4.78 is 7.60. The summed E-state index contributed by atoms with van der Waals surface area (Å²) in [7, 11) is 1.80. The Morgan fingerprint density at radius 3 is 3.05 bits per heavy atom. The zero-order valence-electron chi connectivity index (χ0n) is 10.2. The molecule has 0 amide bonds. The molecule has 6 heteroatoms. The van der Waals surface area contributed by atoms with Gasteiger partial charge in [-0.15, -0.1) is 0 Å². The Labute approximate surface area is 114 Å². The number of hydrogen-bond donors (Lipinski definition) is 1. The zero-order chi connectivity index (χ0) is 13.2. The van der Waals surface area contributed by atoms with Gasteiger partial charge in [0.2, 0.25) is 5.65 Å². The van der Waals surface area contributed by atoms with E-state index in [1.807, 2.05) is 28.9 Å². The van der Waals surface area contributed by atoms with Crippen LogP contribution in [0.4, 0.5) is 5.82 Å². The van der Waals surface area contributed by atoms with Crippen molar-refractivity contribution in [3.05, 3.63) is 47.9 Å². The maximum atomic E-state index is 5.93. The van der Waals surface area contributed by atoms with Crippen molar-refractivity contribution in [3.8, 4) is 11.6 Å². The smallest absolute Gasteiger partial charge is 0.265 e. The molecule has 1 N–H and O–H groups in total. The van der Waals surface area contributed by atoms with Gasteiger partial charge in [-0.1, -0.05) is 17.7 Å². The van der Waals surface area contributed by atoms with Crippen LogP contribution in [-0.2, 0) is 0 Å². The van der Waals surface area contributed by atoms with Gasteiger partial charge in [0.05, 0.1) is 6.20 Å². The molecular weight excluding hydrogens is 264 g/mol. The molecule has 3 rings (SSSR count). The van der Waals surface area contributed by atoms with Crippen molar-refractivity contribution < 1.29 is 4.74 Å². The molecule has 0 spiro atoms. The predicted octanol–water partition coefficient (Wildman–Crippen LogP) is 3.22. The summed E-state index contributed by atoms with van der Waals surface area (Å²) in [4.78, 5) is 8.58. The maximum absolute atomic E-state index is 5.93. The summed E-state index contributed by atoms with van der Waals surface area (Å²) in [6.07, 6.45) is 5.37. The molecule has 96 valence electrons. The number of imidazole rings is 1. The molecule has 0 saturated heterocycles. The minimum atomic E-state index is 0.430. The highest BCUT2D eigenvalue weighted by atomic mass is 35.5. The molecule has 0 atom stereocenters. The van der Waals surface area contributed by atoms with Gasteiger partial charge in [0, 0.05) is 24.5 Å². The first-order valence-electron chi connectivity index (χ1n) is 5.71. The molecular formula is C13H11ClN4O. The molecule has 0 fully saturated rings. The van der Waals surface area contributed by atoms with Crippen LogP contribution in [0.2, 0.25) is 5.02 Å². The van der Waals surface area contributed by atoms with Crippen molar-refractivity contribution in [2.75, 3.05) is 12.4 Å². The van der Waals surface area contributed by atoms with Crippen LogP contribution in [0.15, 0.2) is 42.9 Å². The number of benzene rings is 1. The van der Waals surface area contributed by atoms with Crippen LogP contribution in [0.25, 0.3) is 5.65 Å². The molecule has 0 bridgehead atoms. The number of rotatable bonds is 3. The normalized spacial score (nSPS) is 10.6. The van der Waals surface area contributed by atoms with E-state index in [1.165, 1.54) is 0 Å². The molecule has 3 aromatic rings. The third kappa shape index (κ3) is 2.32. The predicted molar refractivity (Wildman–Crippen MR) is 74.1 cm³/mol. The van der Waals surface area contributed by atoms with Crippen molar-refractivity contribution in [3.63, 3.8) is 0 Å². The fourth-order valence-corrected chi connectivity index (χ4v) is 1.91. The molecule has 0 aliphatic carbocycles. The lowest BCUT2D eigenvalue weighted by Crippen LogP contribution is -1.99. The fraction of sp³-hybridized carbons (Fsp3) is 0.0769. The van der Waals surface area contributed by atoms with Crippen LogP contribution in [0, 0.1) is 0 Å². The molecule has 0 unspecified atom stereocenters. The van der Waals surface area contributed by atoms with Gasteiger partial charge in [-0.25, -0.2) is 4.98 Å². The Morgan fingerprint density at radius 2 is 2.26 bits per heavy atom. The second-order valence-electron chi connectivity index (χ2n) is 3.90. The number of hydrogen-bond acceptors (Lipinski definition) is 4. The van der Waals surface area contributed by atoms with Crippen LogP contribution in [0.3, 0.4) is 0 Å². The monoisotopic (exact) mass is 274 g/mol. The molecule has 0 aliphatic heterocycles. The minimum Gasteiger partial charge on any atom is -0.436 e. The van der Waals surface area contributed by atoms with E-state index in [4.69, 9.17) is 16.3 Å². The summed E-state index contributed by atoms with van der Waals surface area (Å²) in [5, 5.41) is 3.59. The highest BCUT2D eigenvalue weighted by Crippen LogP contribution is 2.26. The number of halogens is 1. The van der Waals surface area contributed by atoms with Crippen LogP contribution in [0.5, 0.6) is 11.6 Å². The number of nitrogens with zero attached hydrogens (tertiary/aromatic N) is 3. The lowest BCUT2D eigenvalue weighted by atomic mass is 10.3. The first kappa shape index (κ1) is 11.8. The molecule has 0 saturated carbocycles. The van der Waals surface area contributed by atoms with Crippen LogP contribution in [0.1, 0.15) is 0 Å². The lowest BCUT2D eigenvalue weighted by Gasteiger charge is -2.08. The highest BCUT2D eigenvalue weighted by Gasteiger charge is 2.09. The standard InChI is InChI=1S/C13H11ClN4O/c1-15-11-8-18-6-5-16-12(18)13(17-11)19-10-4-2-3-9(14)7-10/h2-8,15H,1H3. The number of aromatic nitrogens is 3. The van der Waals surface area contributed by atoms with Crippen molar-refractivity contribution in [2.45, 2.75) is 0 Å². The van der Waals surface area contributed by atoms with Crippen LogP contribution < -0.4 is 10.1 Å². The second-order valence-corrected chi connectivity index (χ2v) is 4.34. The van der Waals surface area contributed by atoms with E-state index < -0.39 is 0 Å². The van der Waals surface area contributed by atoms with Crippen LogP contribution >= 0.6 is 11.6 Å². The summed E-state index contributed by atoms with van der Waals surface area (Å²) in [5.41, 5.74) is 0.652. The van der Waals surface area contributed by atoms with Gasteiger partial charge in [-0.2, -0.15) is 4.98 Å². The Balaban J connectivity index is 2.06. The topological polar surface area (TPSA) is 51.5 Å². The Hall–Kier alpha value is -2.27. The van der Waals surface area contributed by atoms with E-state index in [9.17, 15) is 0 Å². The van der Waals surface area contributed by atoms with E-state index in [-0.39, 0.29) is 0 Å². The van der Waals surface area contributed by atoms with Gasteiger partial charge in [0.1, 0.15) is 11.6 Å². The average molecular weight is 275 g/mol. The number of anilines is 1. The number of fused-ring (bicyclic) bond motifs is 1. The first-order valence-corrected chi connectivity index (χ1v) is 6.09. The Bertz CT molecular complexity index is 725. The third-order valence-corrected chi connectivity index (χ3v) is 2.85. The third-order valence-electron chi connectivity index (χ3n) is 2.61. The van der Waals surface area contributed by atoms with Crippen molar-refractivity contribution in [2.24, 2.45) is 0 Å². The Kier molecular flexibility index (Phi) is 2.97.